The highest BCUT2D eigenvalue weighted by molar-refractivity contribution is 5.96. The van der Waals surface area contributed by atoms with Crippen LogP contribution in [0.3, 0.4) is 0 Å². The summed E-state index contributed by atoms with van der Waals surface area (Å²) in [5.74, 6) is 0.496. The molecule has 1 aromatic heterocycles. The number of nitrogens with zero attached hydrogens (tertiary/aromatic N) is 2. The third kappa shape index (κ3) is 3.45. The minimum atomic E-state index is -0.252. The highest BCUT2D eigenvalue weighted by Crippen LogP contribution is 2.28. The molecule has 6 nitrogen and oxygen atoms in total. The number of nitrogens with two attached hydrogens (primary N) is 1. The fourth-order valence-corrected chi connectivity index (χ4v) is 1.54. The number of anilines is 1. The van der Waals surface area contributed by atoms with Gasteiger partial charge in [0.15, 0.2) is 5.69 Å². The summed E-state index contributed by atoms with van der Waals surface area (Å²) in [6.07, 6.45) is 4.16. The lowest BCUT2D eigenvalue weighted by molar-refractivity contribution is 0.0902. The lowest BCUT2D eigenvalue weighted by Crippen LogP contribution is -2.28. The number of hydrogen-bond acceptors (Lipinski definition) is 4. The second-order valence-corrected chi connectivity index (χ2v) is 4.38. The zero-order chi connectivity index (χ0) is 12.3. The Morgan fingerprint density at radius 2 is 2.47 bits per heavy atom. The standard InChI is InChI=1S/C11H18N4O2/c1-15-6-9(12)10(14-15)11(16)13-4-5-17-7-8-2-3-8/h6,8H,2-5,7,12H2,1H3,(H,13,16). The zero-order valence-electron chi connectivity index (χ0n) is 9.98. The fraction of sp³-hybridized carbons (Fsp3) is 0.636. The smallest absolute Gasteiger partial charge is 0.274 e. The number of ether oxygens (including phenoxy) is 1. The largest absolute Gasteiger partial charge is 0.396 e. The number of amides is 1. The lowest BCUT2D eigenvalue weighted by atomic mass is 10.3. The molecule has 1 heterocycles. The van der Waals surface area contributed by atoms with E-state index >= 15 is 0 Å². The quantitative estimate of drug-likeness (QED) is 0.692. The molecule has 1 fully saturated rings. The molecule has 0 bridgehead atoms. The maximum Gasteiger partial charge on any atom is 0.274 e. The van der Waals surface area contributed by atoms with E-state index in [0.717, 1.165) is 12.5 Å². The van der Waals surface area contributed by atoms with Gasteiger partial charge < -0.3 is 15.8 Å². The van der Waals surface area contributed by atoms with Crippen molar-refractivity contribution in [3.8, 4) is 0 Å². The van der Waals surface area contributed by atoms with Crippen LogP contribution in [0.5, 0.6) is 0 Å². The molecule has 1 aliphatic carbocycles. The van der Waals surface area contributed by atoms with Crippen LogP contribution in [0, 0.1) is 5.92 Å². The summed E-state index contributed by atoms with van der Waals surface area (Å²) >= 11 is 0. The van der Waals surface area contributed by atoms with Gasteiger partial charge in [0.2, 0.25) is 0 Å². The van der Waals surface area contributed by atoms with Gasteiger partial charge in [-0.1, -0.05) is 0 Å². The summed E-state index contributed by atoms with van der Waals surface area (Å²) in [5.41, 5.74) is 6.31. The van der Waals surface area contributed by atoms with E-state index in [1.54, 1.807) is 13.2 Å². The molecule has 3 N–H and O–H groups in total. The van der Waals surface area contributed by atoms with E-state index in [2.05, 4.69) is 10.4 Å². The molecule has 1 aromatic rings. The van der Waals surface area contributed by atoms with Crippen molar-refractivity contribution in [2.75, 3.05) is 25.5 Å². The van der Waals surface area contributed by atoms with Crippen molar-refractivity contribution in [1.82, 2.24) is 15.1 Å². The van der Waals surface area contributed by atoms with Crippen molar-refractivity contribution in [2.45, 2.75) is 12.8 Å². The molecule has 2 rings (SSSR count). The van der Waals surface area contributed by atoms with Crippen molar-refractivity contribution in [3.63, 3.8) is 0 Å². The third-order valence-corrected chi connectivity index (χ3v) is 2.65. The van der Waals surface area contributed by atoms with Crippen molar-refractivity contribution in [2.24, 2.45) is 13.0 Å². The number of carbonyl (C=O) groups is 1. The number of hydrogen-bond donors (Lipinski definition) is 2. The monoisotopic (exact) mass is 238 g/mol. The maximum atomic E-state index is 11.7. The van der Waals surface area contributed by atoms with Crippen LogP contribution in [0.15, 0.2) is 6.20 Å². The van der Waals surface area contributed by atoms with Crippen LogP contribution >= 0.6 is 0 Å². The molecule has 0 radical (unpaired) electrons. The van der Waals surface area contributed by atoms with Crippen molar-refractivity contribution in [3.05, 3.63) is 11.9 Å². The Bertz CT molecular complexity index is 398. The van der Waals surface area contributed by atoms with Gasteiger partial charge in [0.25, 0.3) is 5.91 Å². The van der Waals surface area contributed by atoms with Gasteiger partial charge in [-0.3, -0.25) is 9.48 Å². The zero-order valence-corrected chi connectivity index (χ0v) is 9.98. The highest BCUT2D eigenvalue weighted by Gasteiger charge is 2.21. The van der Waals surface area contributed by atoms with Crippen molar-refractivity contribution >= 4 is 11.6 Å². The van der Waals surface area contributed by atoms with Crippen LogP contribution in [-0.4, -0.2) is 35.4 Å². The molecule has 1 saturated carbocycles. The summed E-state index contributed by atoms with van der Waals surface area (Å²) < 4.78 is 6.93. The second kappa shape index (κ2) is 5.18. The van der Waals surface area contributed by atoms with Gasteiger partial charge in [-0.2, -0.15) is 5.10 Å². The van der Waals surface area contributed by atoms with E-state index in [-0.39, 0.29) is 11.6 Å². The molecular formula is C11H18N4O2. The van der Waals surface area contributed by atoms with E-state index < -0.39 is 0 Å². The number of aryl methyl sites for hydroxylation is 1. The SMILES string of the molecule is Cn1cc(N)c(C(=O)NCCOCC2CC2)n1. The van der Waals surface area contributed by atoms with Crippen LogP contribution in [0.4, 0.5) is 5.69 Å². The van der Waals surface area contributed by atoms with Gasteiger partial charge in [0.1, 0.15) is 0 Å². The highest BCUT2D eigenvalue weighted by atomic mass is 16.5. The van der Waals surface area contributed by atoms with Gasteiger partial charge in [-0.05, 0) is 18.8 Å². The minimum Gasteiger partial charge on any atom is -0.396 e. The third-order valence-electron chi connectivity index (χ3n) is 2.65. The Labute approximate surface area is 100 Å². The average molecular weight is 238 g/mol. The van der Waals surface area contributed by atoms with Crippen LogP contribution in [0.2, 0.25) is 0 Å². The van der Waals surface area contributed by atoms with Crippen molar-refractivity contribution < 1.29 is 9.53 Å². The number of aromatic nitrogens is 2. The Kier molecular flexibility index (Phi) is 3.63. The van der Waals surface area contributed by atoms with E-state index in [4.69, 9.17) is 10.5 Å². The van der Waals surface area contributed by atoms with Crippen LogP contribution in [-0.2, 0) is 11.8 Å². The molecule has 0 aromatic carbocycles. The van der Waals surface area contributed by atoms with E-state index in [0.29, 0.717) is 18.8 Å². The Morgan fingerprint density at radius 1 is 1.71 bits per heavy atom. The normalized spacial score (nSPS) is 14.9. The molecule has 17 heavy (non-hydrogen) atoms. The predicted molar refractivity (Wildman–Crippen MR) is 63.5 cm³/mol. The predicted octanol–water partition coefficient (Wildman–Crippen LogP) is 0.159. The first-order chi connectivity index (χ1) is 8.16. The minimum absolute atomic E-state index is 0.252. The first kappa shape index (κ1) is 11.9. The number of carbonyl (C=O) groups excluding carboxylic acids is 1. The van der Waals surface area contributed by atoms with E-state index in [1.807, 2.05) is 0 Å². The van der Waals surface area contributed by atoms with Gasteiger partial charge >= 0.3 is 0 Å². The van der Waals surface area contributed by atoms with Gasteiger partial charge in [-0.25, -0.2) is 0 Å². The molecule has 0 unspecified atom stereocenters. The van der Waals surface area contributed by atoms with E-state index in [1.165, 1.54) is 17.5 Å². The first-order valence-corrected chi connectivity index (χ1v) is 5.82. The van der Waals surface area contributed by atoms with Crippen LogP contribution < -0.4 is 11.1 Å². The fourth-order valence-electron chi connectivity index (χ4n) is 1.54. The van der Waals surface area contributed by atoms with Crippen LogP contribution in [0.1, 0.15) is 23.3 Å². The summed E-state index contributed by atoms with van der Waals surface area (Å²) in [7, 11) is 1.73. The Hall–Kier alpha value is -1.56. The Morgan fingerprint density at radius 3 is 3.06 bits per heavy atom. The van der Waals surface area contributed by atoms with Gasteiger partial charge in [0, 0.05) is 26.4 Å². The molecule has 1 aliphatic rings. The number of nitrogens with one attached hydrogen (secondary N) is 1. The molecule has 1 amide bonds. The average Bonchev–Trinajstić information content (AvgIpc) is 3.03. The molecule has 0 spiro atoms. The number of rotatable bonds is 6. The summed E-state index contributed by atoms with van der Waals surface area (Å²) in [4.78, 5) is 11.7. The van der Waals surface area contributed by atoms with Crippen LogP contribution in [0.25, 0.3) is 0 Å². The maximum absolute atomic E-state index is 11.7. The topological polar surface area (TPSA) is 82.2 Å². The molecule has 0 aliphatic heterocycles. The Balaban J connectivity index is 1.67. The summed E-state index contributed by atoms with van der Waals surface area (Å²) in [6.45, 7) is 1.83. The van der Waals surface area contributed by atoms with Crippen molar-refractivity contribution in [1.29, 1.82) is 0 Å². The summed E-state index contributed by atoms with van der Waals surface area (Å²) in [6, 6.07) is 0. The first-order valence-electron chi connectivity index (χ1n) is 5.82. The van der Waals surface area contributed by atoms with E-state index in [9.17, 15) is 4.79 Å². The molecular weight excluding hydrogens is 220 g/mol. The molecule has 94 valence electrons. The molecule has 6 heteroatoms. The lowest BCUT2D eigenvalue weighted by Gasteiger charge is -2.04. The molecule has 0 atom stereocenters. The second-order valence-electron chi connectivity index (χ2n) is 4.38. The number of nitrogen functional groups attached to an aromatic ring is 1. The van der Waals surface area contributed by atoms with Gasteiger partial charge in [0.05, 0.1) is 12.3 Å². The van der Waals surface area contributed by atoms with Gasteiger partial charge in [-0.15, -0.1) is 0 Å². The molecule has 0 saturated heterocycles. The summed E-state index contributed by atoms with van der Waals surface area (Å²) in [5, 5.41) is 6.71.